The summed E-state index contributed by atoms with van der Waals surface area (Å²) in [5.41, 5.74) is 4.17. The molecular formula is C16H26N2. The fourth-order valence-electron chi connectivity index (χ4n) is 2.60. The first-order valence-electron chi connectivity index (χ1n) is 7.31. The molecule has 0 fully saturated rings. The van der Waals surface area contributed by atoms with Crippen LogP contribution in [0.2, 0.25) is 0 Å². The zero-order chi connectivity index (χ0) is 13.0. The Labute approximate surface area is 111 Å². The summed E-state index contributed by atoms with van der Waals surface area (Å²) in [6.45, 7) is 5.68. The molecule has 1 aliphatic heterocycles. The van der Waals surface area contributed by atoms with E-state index in [-0.39, 0.29) is 0 Å². The van der Waals surface area contributed by atoms with Gasteiger partial charge >= 0.3 is 0 Å². The van der Waals surface area contributed by atoms with Crippen LogP contribution < -0.4 is 10.2 Å². The second kappa shape index (κ2) is 6.12. The van der Waals surface area contributed by atoms with E-state index in [1.807, 2.05) is 0 Å². The van der Waals surface area contributed by atoms with E-state index in [4.69, 9.17) is 0 Å². The minimum atomic E-state index is 0.616. The van der Waals surface area contributed by atoms with E-state index in [0.717, 1.165) is 6.54 Å². The van der Waals surface area contributed by atoms with Crippen LogP contribution in [-0.4, -0.2) is 19.6 Å². The molecule has 100 valence electrons. The molecular weight excluding hydrogens is 220 g/mol. The summed E-state index contributed by atoms with van der Waals surface area (Å²) in [6, 6.07) is 7.47. The minimum Gasteiger partial charge on any atom is -0.382 e. The molecule has 1 N–H and O–H groups in total. The molecule has 1 atom stereocenters. The van der Waals surface area contributed by atoms with Crippen LogP contribution >= 0.6 is 0 Å². The third-order valence-electron chi connectivity index (χ3n) is 3.88. The number of rotatable bonds is 5. The molecule has 18 heavy (non-hydrogen) atoms. The number of unbranched alkanes of at least 4 members (excludes halogenated alkanes) is 2. The van der Waals surface area contributed by atoms with Crippen LogP contribution in [0.1, 0.15) is 45.1 Å². The van der Waals surface area contributed by atoms with Gasteiger partial charge in [0.15, 0.2) is 0 Å². The van der Waals surface area contributed by atoms with E-state index >= 15 is 0 Å². The van der Waals surface area contributed by atoms with Gasteiger partial charge in [-0.25, -0.2) is 0 Å². The Balaban J connectivity index is 2.02. The lowest BCUT2D eigenvalue weighted by Crippen LogP contribution is -2.23. The summed E-state index contributed by atoms with van der Waals surface area (Å²) in [5.74, 6) is 0. The summed E-state index contributed by atoms with van der Waals surface area (Å²) in [6.07, 6.45) is 6.36. The number of nitrogens with one attached hydrogen (secondary N) is 1. The third-order valence-corrected chi connectivity index (χ3v) is 3.88. The van der Waals surface area contributed by atoms with E-state index in [1.165, 1.54) is 49.0 Å². The van der Waals surface area contributed by atoms with Crippen molar-refractivity contribution in [2.45, 2.75) is 52.0 Å². The Hall–Kier alpha value is -1.18. The summed E-state index contributed by atoms with van der Waals surface area (Å²) in [7, 11) is 2.20. The highest BCUT2D eigenvalue weighted by Crippen LogP contribution is 2.28. The van der Waals surface area contributed by atoms with Crippen molar-refractivity contribution < 1.29 is 0 Å². The Bertz CT molecular complexity index is 387. The number of benzene rings is 1. The number of anilines is 2. The molecule has 1 unspecified atom stereocenters. The van der Waals surface area contributed by atoms with Crippen molar-refractivity contribution in [2.75, 3.05) is 23.8 Å². The van der Waals surface area contributed by atoms with E-state index in [2.05, 4.69) is 49.3 Å². The summed E-state index contributed by atoms with van der Waals surface area (Å²) in [4.78, 5) is 2.38. The Morgan fingerprint density at radius 3 is 2.94 bits per heavy atom. The fourth-order valence-corrected chi connectivity index (χ4v) is 2.60. The second-order valence-corrected chi connectivity index (χ2v) is 5.55. The van der Waals surface area contributed by atoms with Gasteiger partial charge in [-0.15, -0.1) is 0 Å². The van der Waals surface area contributed by atoms with Gasteiger partial charge in [0.1, 0.15) is 0 Å². The average molecular weight is 246 g/mol. The van der Waals surface area contributed by atoms with Crippen LogP contribution in [-0.2, 0) is 6.42 Å². The maximum atomic E-state index is 3.56. The quantitative estimate of drug-likeness (QED) is 0.788. The molecule has 2 nitrogen and oxygen atoms in total. The highest BCUT2D eigenvalue weighted by atomic mass is 15.1. The first-order valence-corrected chi connectivity index (χ1v) is 7.31. The van der Waals surface area contributed by atoms with E-state index < -0.39 is 0 Å². The van der Waals surface area contributed by atoms with Crippen molar-refractivity contribution in [1.82, 2.24) is 0 Å². The molecule has 1 aromatic rings. The third kappa shape index (κ3) is 3.18. The molecule has 2 rings (SSSR count). The average Bonchev–Trinajstić information content (AvgIpc) is 2.38. The van der Waals surface area contributed by atoms with Crippen molar-refractivity contribution in [2.24, 2.45) is 0 Å². The standard InChI is InChI=1S/C16H26N2/c1-4-5-6-11-18(3)15-9-10-16-14(12-15)8-7-13(2)17-16/h9-10,12-13,17H,4-8,11H2,1-3H3. The lowest BCUT2D eigenvalue weighted by atomic mass is 9.98. The molecule has 1 aromatic carbocycles. The van der Waals surface area contributed by atoms with E-state index in [9.17, 15) is 0 Å². The van der Waals surface area contributed by atoms with Crippen LogP contribution in [0.4, 0.5) is 11.4 Å². The van der Waals surface area contributed by atoms with E-state index in [0.29, 0.717) is 6.04 Å². The largest absolute Gasteiger partial charge is 0.382 e. The molecule has 0 amide bonds. The SMILES string of the molecule is CCCCCN(C)c1ccc2c(c1)CCC(C)N2. The van der Waals surface area contributed by atoms with Gasteiger partial charge in [-0.05, 0) is 49.9 Å². The van der Waals surface area contributed by atoms with Gasteiger partial charge < -0.3 is 10.2 Å². The van der Waals surface area contributed by atoms with Gasteiger partial charge in [0.2, 0.25) is 0 Å². The van der Waals surface area contributed by atoms with Crippen molar-refractivity contribution in [3.05, 3.63) is 23.8 Å². The number of hydrogen-bond acceptors (Lipinski definition) is 2. The highest BCUT2D eigenvalue weighted by Gasteiger charge is 2.14. The van der Waals surface area contributed by atoms with Crippen LogP contribution in [0.5, 0.6) is 0 Å². The van der Waals surface area contributed by atoms with Gasteiger partial charge in [0.25, 0.3) is 0 Å². The number of aryl methyl sites for hydroxylation is 1. The zero-order valence-electron chi connectivity index (χ0n) is 12.0. The van der Waals surface area contributed by atoms with Gasteiger partial charge in [0.05, 0.1) is 0 Å². The normalized spacial score (nSPS) is 18.1. The molecule has 1 heterocycles. The van der Waals surface area contributed by atoms with E-state index in [1.54, 1.807) is 0 Å². The number of hydrogen-bond donors (Lipinski definition) is 1. The van der Waals surface area contributed by atoms with Crippen LogP contribution in [0.25, 0.3) is 0 Å². The maximum absolute atomic E-state index is 3.56. The fraction of sp³-hybridized carbons (Fsp3) is 0.625. The van der Waals surface area contributed by atoms with Crippen molar-refractivity contribution in [1.29, 1.82) is 0 Å². The lowest BCUT2D eigenvalue weighted by Gasteiger charge is -2.27. The van der Waals surface area contributed by atoms with Crippen molar-refractivity contribution in [3.8, 4) is 0 Å². The minimum absolute atomic E-state index is 0.616. The van der Waals surface area contributed by atoms with Crippen LogP contribution in [0.3, 0.4) is 0 Å². The molecule has 1 aliphatic rings. The predicted molar refractivity (Wildman–Crippen MR) is 80.6 cm³/mol. The van der Waals surface area contributed by atoms with Crippen molar-refractivity contribution >= 4 is 11.4 Å². The molecule has 0 aromatic heterocycles. The molecule has 0 saturated carbocycles. The van der Waals surface area contributed by atoms with Crippen LogP contribution in [0, 0.1) is 0 Å². The first-order chi connectivity index (χ1) is 8.70. The smallest absolute Gasteiger partial charge is 0.0376 e. The Morgan fingerprint density at radius 1 is 1.33 bits per heavy atom. The van der Waals surface area contributed by atoms with Gasteiger partial charge in [-0.2, -0.15) is 0 Å². The molecule has 0 radical (unpaired) electrons. The van der Waals surface area contributed by atoms with Crippen molar-refractivity contribution in [3.63, 3.8) is 0 Å². The van der Waals surface area contributed by atoms with Gasteiger partial charge in [0, 0.05) is 31.0 Å². The number of nitrogens with zero attached hydrogens (tertiary/aromatic N) is 1. The summed E-state index contributed by atoms with van der Waals surface area (Å²) < 4.78 is 0. The monoisotopic (exact) mass is 246 g/mol. The molecule has 0 saturated heterocycles. The highest BCUT2D eigenvalue weighted by molar-refractivity contribution is 5.62. The predicted octanol–water partition coefficient (Wildman–Crippen LogP) is 4.06. The van der Waals surface area contributed by atoms with Gasteiger partial charge in [-0.1, -0.05) is 19.8 Å². The second-order valence-electron chi connectivity index (χ2n) is 5.55. The zero-order valence-corrected chi connectivity index (χ0v) is 12.0. The van der Waals surface area contributed by atoms with Gasteiger partial charge in [-0.3, -0.25) is 0 Å². The summed E-state index contributed by atoms with van der Waals surface area (Å²) in [5, 5.41) is 3.56. The Morgan fingerprint density at radius 2 is 2.17 bits per heavy atom. The number of fused-ring (bicyclic) bond motifs is 1. The molecule has 2 heteroatoms. The lowest BCUT2D eigenvalue weighted by molar-refractivity contribution is 0.679. The maximum Gasteiger partial charge on any atom is 0.0376 e. The molecule has 0 aliphatic carbocycles. The first kappa shape index (κ1) is 13.3. The Kier molecular flexibility index (Phi) is 4.51. The molecule has 0 spiro atoms. The summed E-state index contributed by atoms with van der Waals surface area (Å²) >= 11 is 0. The topological polar surface area (TPSA) is 15.3 Å². The van der Waals surface area contributed by atoms with Crippen LogP contribution in [0.15, 0.2) is 18.2 Å². The molecule has 0 bridgehead atoms.